The number of anilines is 1. The second-order valence-electron chi connectivity index (χ2n) is 4.23. The lowest BCUT2D eigenvalue weighted by atomic mass is 10.1. The average Bonchev–Trinajstić information content (AvgIpc) is 2.59. The summed E-state index contributed by atoms with van der Waals surface area (Å²) in [5, 5.41) is 0. The van der Waals surface area contributed by atoms with E-state index >= 15 is 0 Å². The summed E-state index contributed by atoms with van der Waals surface area (Å²) in [5.41, 5.74) is 3.28. The molecule has 4 nitrogen and oxygen atoms in total. The number of aromatic amines is 1. The van der Waals surface area contributed by atoms with Gasteiger partial charge in [0.25, 0.3) is 0 Å². The smallest absolute Gasteiger partial charge is 0.225 e. The van der Waals surface area contributed by atoms with Crippen molar-refractivity contribution < 1.29 is 0 Å². The van der Waals surface area contributed by atoms with Gasteiger partial charge in [0.2, 0.25) is 5.95 Å². The van der Waals surface area contributed by atoms with Crippen molar-refractivity contribution in [2.24, 2.45) is 0 Å². The van der Waals surface area contributed by atoms with Crippen LogP contribution in [0.2, 0.25) is 0 Å². The minimum Gasteiger partial charge on any atom is -0.358 e. The largest absolute Gasteiger partial charge is 0.358 e. The number of H-pyrrole nitrogens is 1. The van der Waals surface area contributed by atoms with Crippen molar-refractivity contribution in [1.82, 2.24) is 15.0 Å². The molecule has 0 amide bonds. The lowest BCUT2D eigenvalue weighted by Crippen LogP contribution is -2.12. The molecule has 0 atom stereocenters. The topological polar surface area (TPSA) is 44.8 Å². The van der Waals surface area contributed by atoms with Gasteiger partial charge in [-0.25, -0.2) is 9.97 Å². The molecule has 0 radical (unpaired) electrons. The van der Waals surface area contributed by atoms with Gasteiger partial charge < -0.3 is 9.88 Å². The summed E-state index contributed by atoms with van der Waals surface area (Å²) in [5.74, 6) is 1.23. The van der Waals surface area contributed by atoms with Crippen LogP contribution in [0.15, 0.2) is 12.4 Å². The Morgan fingerprint density at radius 3 is 2.67 bits per heavy atom. The fourth-order valence-corrected chi connectivity index (χ4v) is 1.58. The van der Waals surface area contributed by atoms with Crippen LogP contribution < -0.4 is 4.90 Å². The Morgan fingerprint density at radius 2 is 2.07 bits per heavy atom. The maximum atomic E-state index is 4.54. The Kier molecular flexibility index (Phi) is 2.34. The van der Waals surface area contributed by atoms with Gasteiger partial charge in [0, 0.05) is 20.3 Å². The van der Waals surface area contributed by atoms with Gasteiger partial charge in [-0.2, -0.15) is 0 Å². The first-order valence-electron chi connectivity index (χ1n) is 5.11. The molecule has 2 rings (SSSR count). The van der Waals surface area contributed by atoms with Crippen molar-refractivity contribution in [1.29, 1.82) is 0 Å². The molecule has 2 aromatic heterocycles. The number of aromatic nitrogens is 3. The summed E-state index contributed by atoms with van der Waals surface area (Å²) in [7, 11) is 3.89. The molecule has 4 heteroatoms. The number of nitrogens with zero attached hydrogens (tertiary/aromatic N) is 3. The monoisotopic (exact) mass is 204 g/mol. The van der Waals surface area contributed by atoms with E-state index in [-0.39, 0.29) is 0 Å². The fourth-order valence-electron chi connectivity index (χ4n) is 1.58. The van der Waals surface area contributed by atoms with Gasteiger partial charge in [0.05, 0.1) is 17.2 Å². The molecule has 0 aliphatic carbocycles. The van der Waals surface area contributed by atoms with Gasteiger partial charge in [-0.05, 0) is 11.5 Å². The van der Waals surface area contributed by atoms with Gasteiger partial charge in [-0.1, -0.05) is 13.8 Å². The van der Waals surface area contributed by atoms with E-state index in [1.165, 1.54) is 5.56 Å². The summed E-state index contributed by atoms with van der Waals surface area (Å²) in [4.78, 5) is 13.9. The summed E-state index contributed by atoms with van der Waals surface area (Å²) in [6, 6.07) is 0. The molecule has 1 N–H and O–H groups in total. The highest BCUT2D eigenvalue weighted by Crippen LogP contribution is 2.23. The molecule has 0 aliphatic rings. The second-order valence-corrected chi connectivity index (χ2v) is 4.23. The van der Waals surface area contributed by atoms with E-state index < -0.39 is 0 Å². The molecule has 2 heterocycles. The van der Waals surface area contributed by atoms with Gasteiger partial charge in [-0.15, -0.1) is 0 Å². The van der Waals surface area contributed by atoms with Crippen molar-refractivity contribution in [3.63, 3.8) is 0 Å². The summed E-state index contributed by atoms with van der Waals surface area (Å²) < 4.78 is 0. The van der Waals surface area contributed by atoms with Crippen molar-refractivity contribution >= 4 is 17.0 Å². The first-order chi connectivity index (χ1) is 7.09. The van der Waals surface area contributed by atoms with Gasteiger partial charge >= 0.3 is 0 Å². The molecule has 0 aromatic carbocycles. The number of rotatable bonds is 2. The molecule has 0 aliphatic heterocycles. The minimum atomic E-state index is 0.476. The predicted octanol–water partition coefficient (Wildman–Crippen LogP) is 2.15. The molecule has 0 saturated carbocycles. The highest BCUT2D eigenvalue weighted by atomic mass is 15.2. The third-order valence-electron chi connectivity index (χ3n) is 2.45. The van der Waals surface area contributed by atoms with Crippen LogP contribution in [0.1, 0.15) is 25.3 Å². The Morgan fingerprint density at radius 1 is 1.33 bits per heavy atom. The van der Waals surface area contributed by atoms with Crippen LogP contribution in [0.4, 0.5) is 5.95 Å². The molecule has 0 fully saturated rings. The van der Waals surface area contributed by atoms with E-state index in [0.717, 1.165) is 17.0 Å². The normalized spacial score (nSPS) is 11.3. The molecule has 0 spiro atoms. The Labute approximate surface area is 89.3 Å². The predicted molar refractivity (Wildman–Crippen MR) is 62.3 cm³/mol. The Hall–Kier alpha value is -1.58. The molecule has 80 valence electrons. The van der Waals surface area contributed by atoms with Crippen molar-refractivity contribution in [2.45, 2.75) is 19.8 Å². The molecule has 0 bridgehead atoms. The average molecular weight is 204 g/mol. The highest BCUT2D eigenvalue weighted by Gasteiger charge is 2.10. The van der Waals surface area contributed by atoms with E-state index in [9.17, 15) is 0 Å². The molecular formula is C11H16N4. The van der Waals surface area contributed by atoms with Crippen LogP contribution in [0, 0.1) is 0 Å². The number of fused-ring (bicyclic) bond motifs is 1. The SMILES string of the molecule is CC(C)c1c[nH]c2cnc(N(C)C)nc12. The second kappa shape index (κ2) is 3.53. The number of hydrogen-bond acceptors (Lipinski definition) is 3. The number of nitrogens with one attached hydrogen (secondary N) is 1. The van der Waals surface area contributed by atoms with E-state index in [1.807, 2.05) is 31.4 Å². The van der Waals surface area contributed by atoms with Crippen LogP contribution in [-0.2, 0) is 0 Å². The zero-order valence-corrected chi connectivity index (χ0v) is 9.57. The zero-order chi connectivity index (χ0) is 11.0. The number of hydrogen-bond donors (Lipinski definition) is 1. The van der Waals surface area contributed by atoms with Crippen LogP contribution in [-0.4, -0.2) is 29.0 Å². The van der Waals surface area contributed by atoms with E-state index in [0.29, 0.717) is 5.92 Å². The molecular weight excluding hydrogens is 188 g/mol. The fraction of sp³-hybridized carbons (Fsp3) is 0.455. The van der Waals surface area contributed by atoms with E-state index in [2.05, 4.69) is 28.8 Å². The van der Waals surface area contributed by atoms with Crippen LogP contribution in [0.3, 0.4) is 0 Å². The molecule has 2 aromatic rings. The standard InChI is InChI=1S/C11H16N4/c1-7(2)8-5-12-9-6-13-11(15(3)4)14-10(8)9/h5-7,12H,1-4H3. The van der Waals surface area contributed by atoms with Gasteiger partial charge in [0.1, 0.15) is 0 Å². The quantitative estimate of drug-likeness (QED) is 0.815. The zero-order valence-electron chi connectivity index (χ0n) is 9.57. The molecule has 0 saturated heterocycles. The summed E-state index contributed by atoms with van der Waals surface area (Å²) in [6.45, 7) is 4.33. The third kappa shape index (κ3) is 1.67. The molecule has 0 unspecified atom stereocenters. The van der Waals surface area contributed by atoms with E-state index in [4.69, 9.17) is 0 Å². The summed E-state index contributed by atoms with van der Waals surface area (Å²) in [6.07, 6.45) is 3.85. The maximum absolute atomic E-state index is 4.54. The van der Waals surface area contributed by atoms with Gasteiger partial charge in [-0.3, -0.25) is 0 Å². The van der Waals surface area contributed by atoms with Crippen molar-refractivity contribution in [3.8, 4) is 0 Å². The van der Waals surface area contributed by atoms with Crippen molar-refractivity contribution in [2.75, 3.05) is 19.0 Å². The summed E-state index contributed by atoms with van der Waals surface area (Å²) >= 11 is 0. The third-order valence-corrected chi connectivity index (χ3v) is 2.45. The first kappa shape index (κ1) is 9.96. The lowest BCUT2D eigenvalue weighted by Gasteiger charge is -2.09. The van der Waals surface area contributed by atoms with Crippen LogP contribution >= 0.6 is 0 Å². The Bertz CT molecular complexity index is 470. The van der Waals surface area contributed by atoms with E-state index in [1.54, 1.807) is 0 Å². The van der Waals surface area contributed by atoms with Crippen LogP contribution in [0.25, 0.3) is 11.0 Å². The highest BCUT2D eigenvalue weighted by molar-refractivity contribution is 5.79. The van der Waals surface area contributed by atoms with Crippen molar-refractivity contribution in [3.05, 3.63) is 18.0 Å². The van der Waals surface area contributed by atoms with Crippen LogP contribution in [0.5, 0.6) is 0 Å². The molecule has 15 heavy (non-hydrogen) atoms. The maximum Gasteiger partial charge on any atom is 0.225 e. The minimum absolute atomic E-state index is 0.476. The van der Waals surface area contributed by atoms with Gasteiger partial charge in [0.15, 0.2) is 0 Å². The Balaban J connectivity index is 2.61. The lowest BCUT2D eigenvalue weighted by molar-refractivity contribution is 0.871. The first-order valence-corrected chi connectivity index (χ1v) is 5.11.